The minimum Gasteiger partial charge on any atom is -0.493 e. The van der Waals surface area contributed by atoms with E-state index in [1.165, 1.54) is 25.2 Å². The topological polar surface area (TPSA) is 93.2 Å². The second kappa shape index (κ2) is 13.1. The summed E-state index contributed by atoms with van der Waals surface area (Å²) >= 11 is 0. The number of rotatable bonds is 12. The summed E-state index contributed by atoms with van der Waals surface area (Å²) in [6.45, 7) is 3.32. The second-order valence-electron chi connectivity index (χ2n) is 10.8. The summed E-state index contributed by atoms with van der Waals surface area (Å²) in [6.07, 6.45) is 8.46. The van der Waals surface area contributed by atoms with Crippen molar-refractivity contribution in [3.8, 4) is 5.75 Å². The maximum atomic E-state index is 15.0. The van der Waals surface area contributed by atoms with Crippen molar-refractivity contribution >= 4 is 11.8 Å². The Morgan fingerprint density at radius 2 is 2.15 bits per heavy atom. The molecule has 3 aliphatic rings. The highest BCUT2D eigenvalue weighted by Crippen LogP contribution is 2.39. The van der Waals surface area contributed by atoms with Crippen LogP contribution in [0, 0.1) is 5.82 Å². The van der Waals surface area contributed by atoms with Crippen LogP contribution in [0.5, 0.6) is 5.75 Å². The number of likely N-dealkylation sites (tertiary alicyclic amines) is 1. The van der Waals surface area contributed by atoms with Crippen LogP contribution in [0.1, 0.15) is 79.5 Å². The maximum Gasteiger partial charge on any atom is 0.325 e. The molecule has 0 saturated carbocycles. The molecule has 3 aliphatic heterocycles. The molecule has 0 aliphatic carbocycles. The standard InChI is InChI=1S/C30H40FN3O5/c1-37-28-24(17-21(18-25(28)31)26-9-6-16-39-26)27(30(35)36)34-14-12-23(19-34)38-15-4-2-3-8-22-11-10-20-7-5-13-32-29(20)33-22/h10-11,17-18,23,26-27H,2-9,12-16,19H2,1H3,(H,32,33)(H,35,36)/t23-,26+,27?/m1/s1. The number of hydrogen-bond acceptors (Lipinski definition) is 7. The van der Waals surface area contributed by atoms with Crippen molar-refractivity contribution in [3.63, 3.8) is 0 Å². The van der Waals surface area contributed by atoms with Crippen LogP contribution in [-0.2, 0) is 27.1 Å². The van der Waals surface area contributed by atoms with Crippen molar-refractivity contribution < 1.29 is 28.5 Å². The molecule has 0 bridgehead atoms. The number of halogens is 1. The van der Waals surface area contributed by atoms with Crippen molar-refractivity contribution in [2.75, 3.05) is 45.3 Å². The number of aryl methyl sites for hydroxylation is 2. The van der Waals surface area contributed by atoms with Crippen molar-refractivity contribution in [1.29, 1.82) is 0 Å². The number of pyridine rings is 1. The number of carboxylic acids is 1. The molecule has 4 heterocycles. The first-order chi connectivity index (χ1) is 19.0. The highest BCUT2D eigenvalue weighted by molar-refractivity contribution is 5.77. The van der Waals surface area contributed by atoms with Crippen LogP contribution in [0.15, 0.2) is 24.3 Å². The smallest absolute Gasteiger partial charge is 0.325 e. The normalized spacial score (nSPS) is 21.9. The summed E-state index contributed by atoms with van der Waals surface area (Å²) in [7, 11) is 1.38. The van der Waals surface area contributed by atoms with E-state index >= 15 is 0 Å². The fraction of sp³-hybridized carbons (Fsp3) is 0.600. The highest BCUT2D eigenvalue weighted by Gasteiger charge is 2.37. The van der Waals surface area contributed by atoms with E-state index in [-0.39, 0.29) is 18.0 Å². The van der Waals surface area contributed by atoms with Gasteiger partial charge in [0.1, 0.15) is 11.9 Å². The SMILES string of the molecule is COc1c(F)cc([C@@H]2CCCO2)cc1C(C(=O)O)N1CC[C@@H](OCCCCCc2ccc3c(n2)NCCC3)C1. The van der Waals surface area contributed by atoms with Crippen molar-refractivity contribution in [2.45, 2.75) is 76.0 Å². The number of nitrogens with zero attached hydrogens (tertiary/aromatic N) is 2. The predicted molar refractivity (Wildman–Crippen MR) is 146 cm³/mol. The lowest BCUT2D eigenvalue weighted by atomic mass is 9.97. The van der Waals surface area contributed by atoms with E-state index in [0.717, 1.165) is 69.4 Å². The van der Waals surface area contributed by atoms with Gasteiger partial charge in [-0.3, -0.25) is 9.69 Å². The van der Waals surface area contributed by atoms with Crippen LogP contribution in [0.4, 0.5) is 10.2 Å². The van der Waals surface area contributed by atoms with Gasteiger partial charge in [-0.15, -0.1) is 0 Å². The molecule has 1 aromatic carbocycles. The zero-order chi connectivity index (χ0) is 27.2. The summed E-state index contributed by atoms with van der Waals surface area (Å²) in [5.74, 6) is -0.548. The molecule has 8 nitrogen and oxygen atoms in total. The molecule has 5 rings (SSSR count). The molecule has 0 radical (unpaired) electrons. The Morgan fingerprint density at radius 3 is 2.95 bits per heavy atom. The molecule has 9 heteroatoms. The Hall–Kier alpha value is -2.75. The van der Waals surface area contributed by atoms with E-state index in [0.29, 0.717) is 37.4 Å². The van der Waals surface area contributed by atoms with E-state index in [4.69, 9.17) is 19.2 Å². The second-order valence-corrected chi connectivity index (χ2v) is 10.8. The van der Waals surface area contributed by atoms with Gasteiger partial charge >= 0.3 is 5.97 Å². The highest BCUT2D eigenvalue weighted by atomic mass is 19.1. The Balaban J connectivity index is 1.11. The van der Waals surface area contributed by atoms with Gasteiger partial charge < -0.3 is 24.6 Å². The average Bonchev–Trinajstić information content (AvgIpc) is 3.63. The third kappa shape index (κ3) is 6.70. The number of fused-ring (bicyclic) bond motifs is 1. The van der Waals surface area contributed by atoms with E-state index in [2.05, 4.69) is 17.4 Å². The molecule has 0 spiro atoms. The predicted octanol–water partition coefficient (Wildman–Crippen LogP) is 5.07. The number of carboxylic acid groups (broad SMARTS) is 1. The monoisotopic (exact) mass is 541 g/mol. The van der Waals surface area contributed by atoms with Crippen LogP contribution >= 0.6 is 0 Å². The number of nitrogens with one attached hydrogen (secondary N) is 1. The summed E-state index contributed by atoms with van der Waals surface area (Å²) < 4.78 is 32.2. The number of aromatic nitrogens is 1. The van der Waals surface area contributed by atoms with Gasteiger partial charge in [0.05, 0.1) is 19.3 Å². The molecule has 1 unspecified atom stereocenters. The quantitative estimate of drug-likeness (QED) is 0.360. The number of methoxy groups -OCH3 is 1. The Kier molecular flexibility index (Phi) is 9.32. The number of unbranched alkanes of at least 4 members (excludes halogenated alkanes) is 2. The lowest BCUT2D eigenvalue weighted by Gasteiger charge is -2.27. The Bertz CT molecular complexity index is 1140. The third-order valence-electron chi connectivity index (χ3n) is 8.05. The van der Waals surface area contributed by atoms with E-state index < -0.39 is 17.8 Å². The average molecular weight is 542 g/mol. The van der Waals surface area contributed by atoms with Gasteiger partial charge in [-0.25, -0.2) is 9.37 Å². The summed E-state index contributed by atoms with van der Waals surface area (Å²) in [5, 5.41) is 13.6. The third-order valence-corrected chi connectivity index (χ3v) is 8.05. The molecule has 39 heavy (non-hydrogen) atoms. The number of ether oxygens (including phenoxy) is 3. The van der Waals surface area contributed by atoms with Gasteiger partial charge in [-0.1, -0.05) is 12.5 Å². The van der Waals surface area contributed by atoms with Crippen molar-refractivity contribution in [3.05, 3.63) is 52.5 Å². The number of benzene rings is 1. The molecule has 0 amide bonds. The summed E-state index contributed by atoms with van der Waals surface area (Å²) in [6, 6.07) is 6.49. The van der Waals surface area contributed by atoms with E-state index in [1.807, 2.05) is 4.90 Å². The summed E-state index contributed by atoms with van der Waals surface area (Å²) in [5.41, 5.74) is 3.45. The Morgan fingerprint density at radius 1 is 1.26 bits per heavy atom. The molecular weight excluding hydrogens is 501 g/mol. The van der Waals surface area contributed by atoms with Crippen LogP contribution in [0.3, 0.4) is 0 Å². The van der Waals surface area contributed by atoms with Crippen LogP contribution < -0.4 is 10.1 Å². The van der Waals surface area contributed by atoms with Gasteiger partial charge in [-0.2, -0.15) is 0 Å². The zero-order valence-electron chi connectivity index (χ0n) is 22.8. The minimum atomic E-state index is -1.02. The van der Waals surface area contributed by atoms with Gasteiger partial charge in [0.2, 0.25) is 0 Å². The first-order valence-electron chi connectivity index (χ1n) is 14.3. The number of carbonyl (C=O) groups is 1. The van der Waals surface area contributed by atoms with E-state index in [9.17, 15) is 14.3 Å². The van der Waals surface area contributed by atoms with Gasteiger partial charge in [0.25, 0.3) is 0 Å². The first kappa shape index (κ1) is 27.8. The molecule has 212 valence electrons. The molecule has 2 N–H and O–H groups in total. The van der Waals surface area contributed by atoms with Gasteiger partial charge in [0.15, 0.2) is 11.6 Å². The maximum absolute atomic E-state index is 15.0. The van der Waals surface area contributed by atoms with Crippen LogP contribution in [0.25, 0.3) is 0 Å². The molecule has 2 aromatic rings. The lowest BCUT2D eigenvalue weighted by Crippen LogP contribution is -2.34. The number of aliphatic carboxylic acids is 1. The Labute approximate surface area is 229 Å². The molecule has 2 fully saturated rings. The van der Waals surface area contributed by atoms with Crippen molar-refractivity contribution in [2.24, 2.45) is 0 Å². The number of hydrogen-bond donors (Lipinski definition) is 2. The number of anilines is 1. The molecule has 1 aromatic heterocycles. The molecule has 3 atom stereocenters. The van der Waals surface area contributed by atoms with Gasteiger partial charge in [0, 0.05) is 44.1 Å². The fourth-order valence-electron chi connectivity index (χ4n) is 6.03. The molecule has 2 saturated heterocycles. The molecular formula is C30H40FN3O5. The van der Waals surface area contributed by atoms with Crippen LogP contribution in [-0.4, -0.2) is 67.0 Å². The largest absolute Gasteiger partial charge is 0.493 e. The van der Waals surface area contributed by atoms with Crippen molar-refractivity contribution in [1.82, 2.24) is 9.88 Å². The van der Waals surface area contributed by atoms with Gasteiger partial charge in [-0.05, 0) is 80.7 Å². The lowest BCUT2D eigenvalue weighted by molar-refractivity contribution is -0.143. The van der Waals surface area contributed by atoms with Crippen LogP contribution in [0.2, 0.25) is 0 Å². The minimum absolute atomic E-state index is 0.0160. The summed E-state index contributed by atoms with van der Waals surface area (Å²) in [4.78, 5) is 19.1. The zero-order valence-corrected chi connectivity index (χ0v) is 22.8. The first-order valence-corrected chi connectivity index (χ1v) is 14.3. The van der Waals surface area contributed by atoms with E-state index in [1.54, 1.807) is 6.07 Å². The fourth-order valence-corrected chi connectivity index (χ4v) is 6.03.